The molecule has 0 fully saturated rings. The molecular formula is C16H18N2O2. The molecule has 1 N–H and O–H groups in total. The lowest BCUT2D eigenvalue weighted by Crippen LogP contribution is -2.48. The van der Waals surface area contributed by atoms with Crippen LogP contribution in [0.3, 0.4) is 0 Å². The molecule has 0 atom stereocenters. The molecule has 0 bridgehead atoms. The Morgan fingerprint density at radius 2 is 2.05 bits per heavy atom. The van der Waals surface area contributed by atoms with E-state index in [1.165, 1.54) is 0 Å². The molecule has 0 aliphatic rings. The van der Waals surface area contributed by atoms with Crippen molar-refractivity contribution >= 4 is 5.91 Å². The van der Waals surface area contributed by atoms with Crippen LogP contribution < -0.4 is 10.1 Å². The molecule has 1 amide bonds. The SMILES string of the molecule is C#CC(CC)(CC)NC(=O)COc1ccccc1C#N. The number of carbonyl (C=O) groups is 1. The van der Waals surface area contributed by atoms with E-state index < -0.39 is 5.54 Å². The van der Waals surface area contributed by atoms with Gasteiger partial charge in [0.2, 0.25) is 0 Å². The van der Waals surface area contributed by atoms with Crippen LogP contribution in [0.1, 0.15) is 32.3 Å². The average molecular weight is 270 g/mol. The molecule has 0 radical (unpaired) electrons. The highest BCUT2D eigenvalue weighted by molar-refractivity contribution is 5.79. The van der Waals surface area contributed by atoms with Crippen molar-refractivity contribution in [1.82, 2.24) is 5.32 Å². The second-order valence-corrected chi connectivity index (χ2v) is 4.38. The van der Waals surface area contributed by atoms with Crippen molar-refractivity contribution in [2.24, 2.45) is 0 Å². The summed E-state index contributed by atoms with van der Waals surface area (Å²) in [6.07, 6.45) is 6.79. The van der Waals surface area contributed by atoms with Gasteiger partial charge in [-0.15, -0.1) is 6.42 Å². The molecule has 1 aromatic carbocycles. The van der Waals surface area contributed by atoms with Gasteiger partial charge in [0.25, 0.3) is 5.91 Å². The first-order chi connectivity index (χ1) is 9.60. The molecule has 0 unspecified atom stereocenters. The molecule has 0 saturated heterocycles. The predicted octanol–water partition coefficient (Wildman–Crippen LogP) is 2.25. The van der Waals surface area contributed by atoms with E-state index in [0.29, 0.717) is 24.2 Å². The van der Waals surface area contributed by atoms with Gasteiger partial charge in [0, 0.05) is 0 Å². The molecular weight excluding hydrogens is 252 g/mol. The molecule has 0 heterocycles. The quantitative estimate of drug-likeness (QED) is 0.806. The van der Waals surface area contributed by atoms with E-state index in [2.05, 4.69) is 11.2 Å². The lowest BCUT2D eigenvalue weighted by molar-refractivity contribution is -0.124. The molecule has 0 aliphatic heterocycles. The van der Waals surface area contributed by atoms with Crippen molar-refractivity contribution in [1.29, 1.82) is 5.26 Å². The Kier molecular flexibility index (Phi) is 5.62. The van der Waals surface area contributed by atoms with E-state index in [1.807, 2.05) is 19.9 Å². The topological polar surface area (TPSA) is 62.1 Å². The summed E-state index contributed by atoms with van der Waals surface area (Å²) in [7, 11) is 0. The summed E-state index contributed by atoms with van der Waals surface area (Å²) in [6, 6.07) is 8.79. The Balaban J connectivity index is 2.65. The molecule has 1 rings (SSSR count). The average Bonchev–Trinajstić information content (AvgIpc) is 2.51. The van der Waals surface area contributed by atoms with Crippen LogP contribution in [-0.2, 0) is 4.79 Å². The Morgan fingerprint density at radius 3 is 2.60 bits per heavy atom. The summed E-state index contributed by atoms with van der Waals surface area (Å²) < 4.78 is 5.37. The van der Waals surface area contributed by atoms with Gasteiger partial charge < -0.3 is 10.1 Å². The number of hydrogen-bond donors (Lipinski definition) is 1. The predicted molar refractivity (Wildman–Crippen MR) is 76.9 cm³/mol. The highest BCUT2D eigenvalue weighted by atomic mass is 16.5. The Bertz CT molecular complexity index is 548. The molecule has 4 heteroatoms. The molecule has 20 heavy (non-hydrogen) atoms. The van der Waals surface area contributed by atoms with Gasteiger partial charge in [-0.05, 0) is 25.0 Å². The van der Waals surface area contributed by atoms with Crippen molar-refractivity contribution in [3.05, 3.63) is 29.8 Å². The van der Waals surface area contributed by atoms with Gasteiger partial charge >= 0.3 is 0 Å². The van der Waals surface area contributed by atoms with Crippen LogP contribution in [0.4, 0.5) is 0 Å². The van der Waals surface area contributed by atoms with Gasteiger partial charge in [-0.25, -0.2) is 0 Å². The Hall–Kier alpha value is -2.46. The Labute approximate surface area is 119 Å². The minimum Gasteiger partial charge on any atom is -0.482 e. The second kappa shape index (κ2) is 7.21. The largest absolute Gasteiger partial charge is 0.482 e. The second-order valence-electron chi connectivity index (χ2n) is 4.38. The van der Waals surface area contributed by atoms with Gasteiger partial charge in [-0.1, -0.05) is 31.9 Å². The lowest BCUT2D eigenvalue weighted by Gasteiger charge is -2.26. The van der Waals surface area contributed by atoms with E-state index in [4.69, 9.17) is 16.4 Å². The minimum atomic E-state index is -0.630. The fourth-order valence-corrected chi connectivity index (χ4v) is 1.80. The third kappa shape index (κ3) is 3.76. The van der Waals surface area contributed by atoms with E-state index in [0.717, 1.165) is 0 Å². The smallest absolute Gasteiger partial charge is 0.259 e. The van der Waals surface area contributed by atoms with Crippen LogP contribution in [0.5, 0.6) is 5.75 Å². The standard InChI is InChI=1S/C16H18N2O2/c1-4-16(5-2,6-3)18-15(19)12-20-14-10-8-7-9-13(14)11-17/h1,7-10H,5-6,12H2,2-3H3,(H,18,19). The lowest BCUT2D eigenvalue weighted by atomic mass is 9.94. The van der Waals surface area contributed by atoms with Gasteiger partial charge in [0.1, 0.15) is 17.4 Å². The summed E-state index contributed by atoms with van der Waals surface area (Å²) >= 11 is 0. The van der Waals surface area contributed by atoms with Crippen molar-refractivity contribution in [2.75, 3.05) is 6.61 Å². The van der Waals surface area contributed by atoms with Gasteiger partial charge in [-0.3, -0.25) is 4.79 Å². The van der Waals surface area contributed by atoms with Crippen LogP contribution >= 0.6 is 0 Å². The number of amides is 1. The van der Waals surface area contributed by atoms with Crippen molar-refractivity contribution < 1.29 is 9.53 Å². The molecule has 4 nitrogen and oxygen atoms in total. The zero-order valence-electron chi connectivity index (χ0n) is 11.8. The van der Waals surface area contributed by atoms with E-state index >= 15 is 0 Å². The highest BCUT2D eigenvalue weighted by Crippen LogP contribution is 2.17. The highest BCUT2D eigenvalue weighted by Gasteiger charge is 2.25. The van der Waals surface area contributed by atoms with Crippen LogP contribution in [0.2, 0.25) is 0 Å². The molecule has 1 aromatic rings. The maximum atomic E-state index is 11.9. The number of benzene rings is 1. The molecule has 0 aliphatic carbocycles. The fraction of sp³-hybridized carbons (Fsp3) is 0.375. The molecule has 0 saturated carbocycles. The van der Waals surface area contributed by atoms with Gasteiger partial charge in [0.15, 0.2) is 6.61 Å². The number of rotatable bonds is 6. The summed E-state index contributed by atoms with van der Waals surface area (Å²) in [5, 5.41) is 11.7. The third-order valence-corrected chi connectivity index (χ3v) is 3.23. The summed E-state index contributed by atoms with van der Waals surface area (Å²) in [4.78, 5) is 11.9. The summed E-state index contributed by atoms with van der Waals surface area (Å²) in [5.74, 6) is 2.73. The van der Waals surface area contributed by atoms with Crippen LogP contribution in [0, 0.1) is 23.7 Å². The number of para-hydroxylation sites is 1. The first-order valence-corrected chi connectivity index (χ1v) is 6.51. The normalized spacial score (nSPS) is 10.2. The number of ether oxygens (including phenoxy) is 1. The first-order valence-electron chi connectivity index (χ1n) is 6.51. The zero-order valence-corrected chi connectivity index (χ0v) is 11.8. The summed E-state index contributed by atoms with van der Waals surface area (Å²) in [5.41, 5.74) is -0.232. The fourth-order valence-electron chi connectivity index (χ4n) is 1.80. The number of terminal acetylenes is 1. The zero-order chi connectivity index (χ0) is 15.0. The number of hydrogen-bond acceptors (Lipinski definition) is 3. The van der Waals surface area contributed by atoms with E-state index in [-0.39, 0.29) is 12.5 Å². The van der Waals surface area contributed by atoms with Crippen LogP contribution in [-0.4, -0.2) is 18.1 Å². The third-order valence-electron chi connectivity index (χ3n) is 3.23. The summed E-state index contributed by atoms with van der Waals surface area (Å²) in [6.45, 7) is 3.69. The van der Waals surface area contributed by atoms with Crippen LogP contribution in [0.15, 0.2) is 24.3 Å². The van der Waals surface area contributed by atoms with Gasteiger partial charge in [0.05, 0.1) is 5.56 Å². The maximum Gasteiger partial charge on any atom is 0.259 e. The number of nitrogens with one attached hydrogen (secondary N) is 1. The molecule has 104 valence electrons. The van der Waals surface area contributed by atoms with Crippen molar-refractivity contribution in [2.45, 2.75) is 32.2 Å². The number of carbonyl (C=O) groups excluding carboxylic acids is 1. The van der Waals surface area contributed by atoms with Gasteiger partial charge in [-0.2, -0.15) is 5.26 Å². The van der Waals surface area contributed by atoms with Crippen LogP contribution in [0.25, 0.3) is 0 Å². The van der Waals surface area contributed by atoms with Crippen molar-refractivity contribution in [3.8, 4) is 24.2 Å². The number of nitrogens with zero attached hydrogens (tertiary/aromatic N) is 1. The monoisotopic (exact) mass is 270 g/mol. The van der Waals surface area contributed by atoms with Crippen molar-refractivity contribution in [3.63, 3.8) is 0 Å². The minimum absolute atomic E-state index is 0.165. The maximum absolute atomic E-state index is 11.9. The van der Waals surface area contributed by atoms with E-state index in [1.54, 1.807) is 24.3 Å². The Morgan fingerprint density at radius 1 is 1.40 bits per heavy atom. The first kappa shape index (κ1) is 15.6. The molecule has 0 aromatic heterocycles. The van der Waals surface area contributed by atoms with E-state index in [9.17, 15) is 4.79 Å². The number of nitriles is 1. The molecule has 0 spiro atoms.